The Bertz CT molecular complexity index is 449. The third-order valence-electron chi connectivity index (χ3n) is 2.58. The van der Waals surface area contributed by atoms with Gasteiger partial charge in [0.2, 0.25) is 0 Å². The van der Waals surface area contributed by atoms with Crippen molar-refractivity contribution in [1.82, 2.24) is 0 Å². The molecule has 0 heterocycles. The molecule has 1 rings (SSSR count). The number of halogens is 3. The van der Waals surface area contributed by atoms with Crippen molar-refractivity contribution >= 4 is 79.4 Å². The lowest BCUT2D eigenvalue weighted by Crippen LogP contribution is -2.32. The summed E-state index contributed by atoms with van der Waals surface area (Å²) in [7, 11) is 0. The minimum atomic E-state index is -0.990. The van der Waals surface area contributed by atoms with Crippen molar-refractivity contribution in [2.45, 2.75) is 19.8 Å². The van der Waals surface area contributed by atoms with E-state index in [4.69, 9.17) is 5.73 Å². The fraction of sp³-hybridized carbons (Fsp3) is 0.364. The van der Waals surface area contributed by atoms with Crippen LogP contribution in [0, 0.1) is 16.6 Å². The van der Waals surface area contributed by atoms with Crippen LogP contribution in [0.4, 0.5) is 5.69 Å². The smallest absolute Gasteiger partial charge is 0.0588 e. The van der Waals surface area contributed by atoms with Gasteiger partial charge < -0.3 is 15.6 Å². The molecular weight excluding hydrogens is 559 g/mol. The number of rotatable bonds is 4. The highest BCUT2D eigenvalue weighted by molar-refractivity contribution is 14.1. The quantitative estimate of drug-likeness (QED) is 0.448. The van der Waals surface area contributed by atoms with Gasteiger partial charge in [0.1, 0.15) is 0 Å². The van der Waals surface area contributed by atoms with E-state index in [0.29, 0.717) is 12.8 Å². The van der Waals surface area contributed by atoms with Crippen LogP contribution in [0.1, 0.15) is 18.9 Å². The molecule has 3 nitrogen and oxygen atoms in total. The van der Waals surface area contributed by atoms with Gasteiger partial charge in [0.05, 0.1) is 5.69 Å². The van der Waals surface area contributed by atoms with Crippen LogP contribution in [0.2, 0.25) is 0 Å². The number of benzene rings is 1. The average molecular weight is 570 g/mol. The highest BCUT2D eigenvalue weighted by atomic mass is 127. The maximum absolute atomic E-state index is 11.0. The zero-order valence-corrected chi connectivity index (χ0v) is 15.6. The van der Waals surface area contributed by atoms with Gasteiger partial charge in [-0.1, -0.05) is 6.92 Å². The molecular formula is C11H11I3NO2-. The second-order valence-electron chi connectivity index (χ2n) is 3.67. The minimum absolute atomic E-state index is 0.448. The van der Waals surface area contributed by atoms with Gasteiger partial charge in [-0.05, 0) is 92.2 Å². The number of anilines is 1. The first-order valence-corrected chi connectivity index (χ1v) is 8.24. The Morgan fingerprint density at radius 3 is 2.47 bits per heavy atom. The SMILES string of the molecule is CCC(Cc1c(I)cc(I)c(N)c1I)C(=O)[O-]. The molecule has 0 saturated heterocycles. The van der Waals surface area contributed by atoms with Gasteiger partial charge in [0.15, 0.2) is 0 Å². The van der Waals surface area contributed by atoms with E-state index in [1.807, 2.05) is 13.0 Å². The maximum Gasteiger partial charge on any atom is 0.0588 e. The highest BCUT2D eigenvalue weighted by Crippen LogP contribution is 2.31. The van der Waals surface area contributed by atoms with Crippen LogP contribution in [0.25, 0.3) is 0 Å². The van der Waals surface area contributed by atoms with Gasteiger partial charge >= 0.3 is 0 Å². The summed E-state index contributed by atoms with van der Waals surface area (Å²) in [6.07, 6.45) is 1.05. The number of carbonyl (C=O) groups excluding carboxylic acids is 1. The summed E-state index contributed by atoms with van der Waals surface area (Å²) in [6.45, 7) is 1.86. The van der Waals surface area contributed by atoms with Crippen LogP contribution >= 0.6 is 67.8 Å². The molecule has 17 heavy (non-hydrogen) atoms. The molecule has 0 saturated carbocycles. The zero-order valence-electron chi connectivity index (χ0n) is 9.10. The Morgan fingerprint density at radius 1 is 1.41 bits per heavy atom. The first-order chi connectivity index (χ1) is 7.88. The van der Waals surface area contributed by atoms with E-state index in [1.54, 1.807) is 0 Å². The molecule has 1 aromatic rings. The maximum atomic E-state index is 11.0. The molecule has 0 spiro atoms. The van der Waals surface area contributed by atoms with Crippen molar-refractivity contribution in [3.8, 4) is 0 Å². The number of nitrogens with two attached hydrogens (primary N) is 1. The number of carbonyl (C=O) groups is 1. The lowest BCUT2D eigenvalue weighted by Gasteiger charge is -2.19. The minimum Gasteiger partial charge on any atom is -0.550 e. The van der Waals surface area contributed by atoms with E-state index in [0.717, 1.165) is 22.0 Å². The van der Waals surface area contributed by atoms with Crippen LogP contribution in [0.15, 0.2) is 6.07 Å². The molecule has 0 aliphatic rings. The van der Waals surface area contributed by atoms with Crippen LogP contribution in [0.3, 0.4) is 0 Å². The molecule has 0 aliphatic carbocycles. The lowest BCUT2D eigenvalue weighted by atomic mass is 9.97. The molecule has 94 valence electrons. The van der Waals surface area contributed by atoms with Crippen LogP contribution in [-0.2, 0) is 11.2 Å². The molecule has 6 heteroatoms. The summed E-state index contributed by atoms with van der Waals surface area (Å²) >= 11 is 6.59. The molecule has 0 amide bonds. The molecule has 0 radical (unpaired) electrons. The summed E-state index contributed by atoms with van der Waals surface area (Å²) in [6, 6.07) is 1.98. The fourth-order valence-corrected chi connectivity index (χ4v) is 5.29. The monoisotopic (exact) mass is 570 g/mol. The Balaban J connectivity index is 3.14. The summed E-state index contributed by atoms with van der Waals surface area (Å²) in [4.78, 5) is 11.0. The number of nitrogen functional groups attached to an aromatic ring is 1. The normalized spacial score (nSPS) is 12.5. The summed E-state index contributed by atoms with van der Waals surface area (Å²) in [5.41, 5.74) is 7.71. The molecule has 2 N–H and O–H groups in total. The molecule has 0 aromatic heterocycles. The van der Waals surface area contributed by atoms with Gasteiger partial charge in [-0.25, -0.2) is 0 Å². The highest BCUT2D eigenvalue weighted by Gasteiger charge is 2.16. The summed E-state index contributed by atoms with van der Waals surface area (Å²) in [5.74, 6) is -1.44. The predicted octanol–water partition coefficient (Wildman–Crippen LogP) is 2.40. The fourth-order valence-electron chi connectivity index (χ4n) is 1.48. The van der Waals surface area contributed by atoms with E-state index >= 15 is 0 Å². The zero-order chi connectivity index (χ0) is 13.2. The number of hydrogen-bond acceptors (Lipinski definition) is 3. The molecule has 1 atom stereocenters. The van der Waals surface area contributed by atoms with Gasteiger partial charge in [0.25, 0.3) is 0 Å². The van der Waals surface area contributed by atoms with Crippen molar-refractivity contribution in [2.24, 2.45) is 5.92 Å². The molecule has 0 bridgehead atoms. The van der Waals surface area contributed by atoms with Crippen molar-refractivity contribution in [1.29, 1.82) is 0 Å². The summed E-state index contributed by atoms with van der Waals surface area (Å²) < 4.78 is 3.02. The van der Waals surface area contributed by atoms with E-state index in [9.17, 15) is 9.90 Å². The molecule has 0 aliphatic heterocycles. The van der Waals surface area contributed by atoms with E-state index < -0.39 is 11.9 Å². The second-order valence-corrected chi connectivity index (χ2v) is 7.08. The third-order valence-corrected chi connectivity index (χ3v) is 5.66. The van der Waals surface area contributed by atoms with Crippen LogP contribution in [-0.4, -0.2) is 5.97 Å². The standard InChI is InChI=1S/C11H12I3NO2/c1-2-5(11(16)17)3-6-7(12)4-8(13)10(15)9(6)14/h4-5H,2-3,15H2,1H3,(H,16,17)/p-1. The lowest BCUT2D eigenvalue weighted by molar-refractivity contribution is -0.311. The first-order valence-electron chi connectivity index (χ1n) is 5.01. The summed E-state index contributed by atoms with van der Waals surface area (Å²) in [5, 5.41) is 11.0. The predicted molar refractivity (Wildman–Crippen MR) is 91.5 cm³/mol. The second kappa shape index (κ2) is 6.73. The average Bonchev–Trinajstić information content (AvgIpc) is 2.26. The van der Waals surface area contributed by atoms with Crippen molar-refractivity contribution in [3.63, 3.8) is 0 Å². The Labute approximate surface area is 141 Å². The van der Waals surface area contributed by atoms with Crippen LogP contribution in [0.5, 0.6) is 0 Å². The van der Waals surface area contributed by atoms with Gasteiger partial charge in [-0.2, -0.15) is 0 Å². The van der Waals surface area contributed by atoms with E-state index in [-0.39, 0.29) is 0 Å². The Morgan fingerprint density at radius 2 is 2.00 bits per heavy atom. The Kier molecular flexibility index (Phi) is 6.23. The number of carboxylic acids is 1. The topological polar surface area (TPSA) is 66.2 Å². The van der Waals surface area contributed by atoms with Gasteiger partial charge in [0, 0.05) is 22.6 Å². The Hall–Kier alpha value is 0.680. The van der Waals surface area contributed by atoms with E-state index in [1.165, 1.54) is 0 Å². The first kappa shape index (κ1) is 15.7. The number of hydrogen-bond donors (Lipinski definition) is 1. The third kappa shape index (κ3) is 3.82. The molecule has 1 aromatic carbocycles. The molecule has 1 unspecified atom stereocenters. The van der Waals surface area contributed by atoms with Gasteiger partial charge in [-0.15, -0.1) is 0 Å². The van der Waals surface area contributed by atoms with Gasteiger partial charge in [-0.3, -0.25) is 0 Å². The van der Waals surface area contributed by atoms with Crippen molar-refractivity contribution < 1.29 is 9.90 Å². The number of carboxylic acid groups (broad SMARTS) is 1. The van der Waals surface area contributed by atoms with Crippen LogP contribution < -0.4 is 10.8 Å². The largest absolute Gasteiger partial charge is 0.550 e. The number of aliphatic carboxylic acids is 1. The molecule has 0 fully saturated rings. The van der Waals surface area contributed by atoms with E-state index in [2.05, 4.69) is 67.8 Å². The van der Waals surface area contributed by atoms with Crippen molar-refractivity contribution in [3.05, 3.63) is 22.3 Å². The van der Waals surface area contributed by atoms with Crippen molar-refractivity contribution in [2.75, 3.05) is 5.73 Å².